The van der Waals surface area contributed by atoms with Crippen molar-refractivity contribution in [3.63, 3.8) is 0 Å². The Morgan fingerprint density at radius 3 is 1.96 bits per heavy atom. The molecular weight excluding hydrogens is 322 g/mol. The number of sulfonamides is 1. The highest BCUT2D eigenvalue weighted by atomic mass is 32.2. The number of hydrogen-bond donors (Lipinski definition) is 2. The van der Waals surface area contributed by atoms with E-state index in [4.69, 9.17) is 0 Å². The van der Waals surface area contributed by atoms with Crippen LogP contribution in [0, 0.1) is 0 Å². The van der Waals surface area contributed by atoms with Gasteiger partial charge in [-0.3, -0.25) is 4.72 Å². The summed E-state index contributed by atoms with van der Waals surface area (Å²) in [5.74, 6) is 0. The van der Waals surface area contributed by atoms with E-state index in [1.165, 1.54) is 12.1 Å². The molecule has 0 aliphatic carbocycles. The number of para-hydroxylation sites is 1. The van der Waals surface area contributed by atoms with Crippen molar-refractivity contribution in [2.24, 2.45) is 0 Å². The minimum absolute atomic E-state index is 0.175. The molecule has 5 heteroatoms. The maximum absolute atomic E-state index is 12.5. The Bertz CT molecular complexity index is 910. The van der Waals surface area contributed by atoms with Crippen molar-refractivity contribution in [2.75, 3.05) is 4.72 Å². The molecule has 0 fully saturated rings. The standard InChI is InChI=1S/C19H17NO3S/c21-19(15-9-3-1-4-10-15)17-13-7-8-14-18(17)20-24(22,23)16-11-5-2-6-12-16/h1-14,19-21H/t19-/m0/s1. The predicted octanol–water partition coefficient (Wildman–Crippen LogP) is 3.57. The van der Waals surface area contributed by atoms with Crippen molar-refractivity contribution in [2.45, 2.75) is 11.0 Å². The third kappa shape index (κ3) is 3.48. The Labute approximate surface area is 141 Å². The smallest absolute Gasteiger partial charge is 0.261 e. The molecule has 0 spiro atoms. The van der Waals surface area contributed by atoms with E-state index in [-0.39, 0.29) is 4.90 Å². The summed E-state index contributed by atoms with van der Waals surface area (Å²) in [5, 5.41) is 10.6. The number of aliphatic hydroxyl groups excluding tert-OH is 1. The molecule has 3 rings (SSSR count). The van der Waals surface area contributed by atoms with Gasteiger partial charge in [-0.15, -0.1) is 0 Å². The molecule has 4 nitrogen and oxygen atoms in total. The van der Waals surface area contributed by atoms with Gasteiger partial charge in [0.1, 0.15) is 6.10 Å². The molecule has 0 saturated heterocycles. The number of benzene rings is 3. The third-order valence-electron chi connectivity index (χ3n) is 3.67. The number of aliphatic hydroxyl groups is 1. The molecule has 0 aliphatic heterocycles. The number of hydrogen-bond acceptors (Lipinski definition) is 3. The lowest BCUT2D eigenvalue weighted by Crippen LogP contribution is -2.15. The van der Waals surface area contributed by atoms with Gasteiger partial charge >= 0.3 is 0 Å². The monoisotopic (exact) mass is 339 g/mol. The van der Waals surface area contributed by atoms with E-state index >= 15 is 0 Å². The van der Waals surface area contributed by atoms with Crippen LogP contribution in [0.4, 0.5) is 5.69 Å². The number of anilines is 1. The third-order valence-corrected chi connectivity index (χ3v) is 5.05. The highest BCUT2D eigenvalue weighted by Gasteiger charge is 2.19. The topological polar surface area (TPSA) is 66.4 Å². The second-order valence-electron chi connectivity index (χ2n) is 5.32. The highest BCUT2D eigenvalue weighted by molar-refractivity contribution is 7.92. The molecule has 2 N–H and O–H groups in total. The Morgan fingerprint density at radius 1 is 0.750 bits per heavy atom. The summed E-state index contributed by atoms with van der Waals surface area (Å²) in [6.45, 7) is 0. The zero-order valence-electron chi connectivity index (χ0n) is 12.8. The van der Waals surface area contributed by atoms with E-state index in [2.05, 4.69) is 4.72 Å². The van der Waals surface area contributed by atoms with Gasteiger partial charge in [-0.1, -0.05) is 66.7 Å². The van der Waals surface area contributed by atoms with Gasteiger partial charge in [-0.25, -0.2) is 8.42 Å². The van der Waals surface area contributed by atoms with E-state index in [1.54, 1.807) is 54.6 Å². The van der Waals surface area contributed by atoms with Crippen LogP contribution in [0.3, 0.4) is 0 Å². The lowest BCUT2D eigenvalue weighted by atomic mass is 10.0. The van der Waals surface area contributed by atoms with Crippen molar-refractivity contribution in [1.82, 2.24) is 0 Å². The molecule has 1 atom stereocenters. The van der Waals surface area contributed by atoms with Crippen molar-refractivity contribution < 1.29 is 13.5 Å². The zero-order valence-corrected chi connectivity index (χ0v) is 13.6. The highest BCUT2D eigenvalue weighted by Crippen LogP contribution is 2.29. The van der Waals surface area contributed by atoms with Gasteiger partial charge in [0.2, 0.25) is 0 Å². The molecular formula is C19H17NO3S. The van der Waals surface area contributed by atoms with Crippen LogP contribution in [0.5, 0.6) is 0 Å². The Kier molecular flexibility index (Phi) is 4.64. The summed E-state index contributed by atoms with van der Waals surface area (Å²) in [5.41, 5.74) is 1.56. The van der Waals surface area contributed by atoms with Crippen LogP contribution in [0.1, 0.15) is 17.2 Å². The summed E-state index contributed by atoms with van der Waals surface area (Å²) in [4.78, 5) is 0.175. The molecule has 0 heterocycles. The molecule has 0 unspecified atom stereocenters. The fraction of sp³-hybridized carbons (Fsp3) is 0.0526. The quantitative estimate of drug-likeness (QED) is 0.747. The zero-order chi connectivity index (χ0) is 17.0. The van der Waals surface area contributed by atoms with Crippen LogP contribution < -0.4 is 4.72 Å². The van der Waals surface area contributed by atoms with Crippen LogP contribution in [0.2, 0.25) is 0 Å². The van der Waals surface area contributed by atoms with Crippen LogP contribution in [-0.2, 0) is 10.0 Å². The SMILES string of the molecule is O=S(=O)(Nc1ccccc1[C@@H](O)c1ccccc1)c1ccccc1. The first-order valence-electron chi connectivity index (χ1n) is 7.48. The molecule has 122 valence electrons. The van der Waals surface area contributed by atoms with Crippen LogP contribution in [0.25, 0.3) is 0 Å². The van der Waals surface area contributed by atoms with Gasteiger partial charge in [0.25, 0.3) is 10.0 Å². The molecule has 3 aromatic carbocycles. The summed E-state index contributed by atoms with van der Waals surface area (Å²) in [6.07, 6.45) is -0.916. The molecule has 0 aliphatic rings. The van der Waals surface area contributed by atoms with Crippen molar-refractivity contribution >= 4 is 15.7 Å². The van der Waals surface area contributed by atoms with E-state index in [0.717, 1.165) is 0 Å². The number of rotatable bonds is 5. The molecule has 0 aromatic heterocycles. The van der Waals surface area contributed by atoms with Crippen molar-refractivity contribution in [1.29, 1.82) is 0 Å². The first kappa shape index (κ1) is 16.2. The van der Waals surface area contributed by atoms with Crippen molar-refractivity contribution in [3.05, 3.63) is 96.1 Å². The van der Waals surface area contributed by atoms with Gasteiger partial charge in [0.05, 0.1) is 10.6 Å². The van der Waals surface area contributed by atoms with Gasteiger partial charge in [-0.2, -0.15) is 0 Å². The van der Waals surface area contributed by atoms with Crippen molar-refractivity contribution in [3.8, 4) is 0 Å². The lowest BCUT2D eigenvalue weighted by molar-refractivity contribution is 0.221. The summed E-state index contributed by atoms with van der Waals surface area (Å²) in [7, 11) is -3.71. The molecule has 0 bridgehead atoms. The van der Waals surface area contributed by atoms with Crippen LogP contribution in [-0.4, -0.2) is 13.5 Å². The van der Waals surface area contributed by atoms with E-state index in [9.17, 15) is 13.5 Å². The van der Waals surface area contributed by atoms with E-state index in [1.807, 2.05) is 18.2 Å². The van der Waals surface area contributed by atoms with Crippen LogP contribution >= 0.6 is 0 Å². The summed E-state index contributed by atoms with van der Waals surface area (Å²) >= 11 is 0. The first-order valence-corrected chi connectivity index (χ1v) is 8.96. The molecule has 0 amide bonds. The first-order chi connectivity index (χ1) is 11.6. The lowest BCUT2D eigenvalue weighted by Gasteiger charge is -2.17. The fourth-order valence-corrected chi connectivity index (χ4v) is 3.56. The second kappa shape index (κ2) is 6.86. The minimum Gasteiger partial charge on any atom is -0.384 e. The van der Waals surface area contributed by atoms with Gasteiger partial charge < -0.3 is 5.11 Å². The predicted molar refractivity (Wildman–Crippen MR) is 94.2 cm³/mol. The summed E-state index contributed by atoms with van der Waals surface area (Å²) < 4.78 is 27.6. The van der Waals surface area contributed by atoms with Gasteiger partial charge in [0.15, 0.2) is 0 Å². The molecule has 0 radical (unpaired) electrons. The molecule has 0 saturated carbocycles. The van der Waals surface area contributed by atoms with Gasteiger partial charge in [0, 0.05) is 5.56 Å². The molecule has 24 heavy (non-hydrogen) atoms. The maximum Gasteiger partial charge on any atom is 0.261 e. The Morgan fingerprint density at radius 2 is 1.29 bits per heavy atom. The minimum atomic E-state index is -3.71. The average Bonchev–Trinajstić information content (AvgIpc) is 2.63. The van der Waals surface area contributed by atoms with E-state index in [0.29, 0.717) is 16.8 Å². The maximum atomic E-state index is 12.5. The van der Waals surface area contributed by atoms with Gasteiger partial charge in [-0.05, 0) is 23.8 Å². The Hall–Kier alpha value is -2.63. The fourth-order valence-electron chi connectivity index (χ4n) is 2.45. The largest absolute Gasteiger partial charge is 0.384 e. The average molecular weight is 339 g/mol. The van der Waals surface area contributed by atoms with E-state index < -0.39 is 16.1 Å². The summed E-state index contributed by atoms with van der Waals surface area (Å²) in [6, 6.07) is 24.1. The normalized spacial score (nSPS) is 12.5. The molecule has 3 aromatic rings. The Balaban J connectivity index is 1.96. The van der Waals surface area contributed by atoms with Crippen LogP contribution in [0.15, 0.2) is 89.8 Å². The number of nitrogens with one attached hydrogen (secondary N) is 1. The second-order valence-corrected chi connectivity index (χ2v) is 7.00.